The third kappa shape index (κ3) is 4.91. The molecule has 0 unspecified atom stereocenters. The molecule has 0 bridgehead atoms. The summed E-state index contributed by atoms with van der Waals surface area (Å²) in [7, 11) is 4.04. The average molecular weight is 347 g/mol. The third-order valence-corrected chi connectivity index (χ3v) is 3.26. The maximum Gasteiger partial charge on any atom is 0.251 e. The van der Waals surface area contributed by atoms with Crippen molar-refractivity contribution in [1.29, 1.82) is 0 Å². The highest BCUT2D eigenvalue weighted by Crippen LogP contribution is 2.16. The highest BCUT2D eigenvalue weighted by Gasteiger charge is 2.06. The zero-order valence-electron chi connectivity index (χ0n) is 10.2. The molecule has 0 aliphatic carbocycles. The second kappa shape index (κ2) is 6.80. The number of nitrogen functional groups attached to an aromatic ring is 1. The number of nitrogens with zero attached hydrogens (tertiary/aromatic N) is 1. The van der Waals surface area contributed by atoms with Crippen LogP contribution in [0, 0.1) is 3.57 Å². The first-order chi connectivity index (χ1) is 8.00. The summed E-state index contributed by atoms with van der Waals surface area (Å²) in [6.45, 7) is 1.66. The van der Waals surface area contributed by atoms with Gasteiger partial charge in [-0.25, -0.2) is 0 Å². The van der Waals surface area contributed by atoms with Crippen molar-refractivity contribution in [2.24, 2.45) is 0 Å². The van der Waals surface area contributed by atoms with Crippen LogP contribution in [0.2, 0.25) is 0 Å². The Bertz CT molecular complexity index is 393. The van der Waals surface area contributed by atoms with Crippen LogP contribution in [0.5, 0.6) is 0 Å². The quantitative estimate of drug-likeness (QED) is 0.483. The number of hydrogen-bond donors (Lipinski definition) is 2. The van der Waals surface area contributed by atoms with Crippen LogP contribution in [0.1, 0.15) is 16.8 Å². The van der Waals surface area contributed by atoms with Gasteiger partial charge in [-0.3, -0.25) is 4.79 Å². The van der Waals surface area contributed by atoms with E-state index >= 15 is 0 Å². The number of carbonyl (C=O) groups excluding carboxylic acids is 1. The van der Waals surface area contributed by atoms with Crippen molar-refractivity contribution in [3.8, 4) is 0 Å². The zero-order valence-corrected chi connectivity index (χ0v) is 12.3. The van der Waals surface area contributed by atoms with Gasteiger partial charge in [0.15, 0.2) is 0 Å². The van der Waals surface area contributed by atoms with E-state index in [2.05, 4.69) is 32.8 Å². The van der Waals surface area contributed by atoms with E-state index in [4.69, 9.17) is 5.73 Å². The molecule has 0 saturated carbocycles. The van der Waals surface area contributed by atoms with Gasteiger partial charge in [0.2, 0.25) is 0 Å². The van der Waals surface area contributed by atoms with Crippen LogP contribution in [0.3, 0.4) is 0 Å². The molecule has 0 spiro atoms. The summed E-state index contributed by atoms with van der Waals surface area (Å²) in [5.41, 5.74) is 7.06. The Morgan fingerprint density at radius 3 is 2.76 bits per heavy atom. The van der Waals surface area contributed by atoms with Crippen LogP contribution in [0.15, 0.2) is 18.2 Å². The summed E-state index contributed by atoms with van der Waals surface area (Å²) in [6, 6.07) is 5.31. The van der Waals surface area contributed by atoms with Crippen LogP contribution in [-0.2, 0) is 0 Å². The number of carbonyl (C=O) groups is 1. The molecular formula is C12H18IN3O. The summed E-state index contributed by atoms with van der Waals surface area (Å²) < 4.78 is 0.906. The van der Waals surface area contributed by atoms with Crippen molar-refractivity contribution in [2.75, 3.05) is 32.9 Å². The molecule has 4 nitrogen and oxygen atoms in total. The lowest BCUT2D eigenvalue weighted by atomic mass is 10.2. The molecule has 0 heterocycles. The maximum atomic E-state index is 11.8. The molecule has 1 aromatic carbocycles. The van der Waals surface area contributed by atoms with Gasteiger partial charge < -0.3 is 16.0 Å². The molecule has 0 aliphatic rings. The number of benzene rings is 1. The zero-order chi connectivity index (χ0) is 12.8. The first-order valence-corrected chi connectivity index (χ1v) is 6.56. The van der Waals surface area contributed by atoms with Gasteiger partial charge in [-0.05, 0) is 67.9 Å². The van der Waals surface area contributed by atoms with Crippen molar-refractivity contribution < 1.29 is 4.79 Å². The average Bonchev–Trinajstić information content (AvgIpc) is 2.27. The molecule has 3 N–H and O–H groups in total. The molecule has 1 aromatic rings. The Morgan fingerprint density at radius 1 is 1.47 bits per heavy atom. The van der Waals surface area contributed by atoms with Crippen molar-refractivity contribution in [3.05, 3.63) is 27.3 Å². The molecule has 94 valence electrons. The maximum absolute atomic E-state index is 11.8. The minimum absolute atomic E-state index is 0.0401. The molecule has 0 aromatic heterocycles. The van der Waals surface area contributed by atoms with Gasteiger partial charge in [-0.2, -0.15) is 0 Å². The van der Waals surface area contributed by atoms with Gasteiger partial charge in [-0.1, -0.05) is 0 Å². The number of amides is 1. The number of halogens is 1. The summed E-state index contributed by atoms with van der Waals surface area (Å²) in [5, 5.41) is 2.89. The fourth-order valence-electron chi connectivity index (χ4n) is 1.37. The van der Waals surface area contributed by atoms with Crippen LogP contribution in [-0.4, -0.2) is 38.0 Å². The fraction of sp³-hybridized carbons (Fsp3) is 0.417. The molecule has 0 aliphatic heterocycles. The number of rotatable bonds is 5. The molecule has 0 radical (unpaired) electrons. The number of nitrogens with two attached hydrogens (primary N) is 1. The van der Waals surface area contributed by atoms with Crippen molar-refractivity contribution in [1.82, 2.24) is 10.2 Å². The Morgan fingerprint density at radius 2 is 2.18 bits per heavy atom. The van der Waals surface area contributed by atoms with Crippen molar-refractivity contribution in [3.63, 3.8) is 0 Å². The SMILES string of the molecule is CN(C)CCCNC(=O)c1ccc(N)c(I)c1. The Labute approximate surface area is 116 Å². The molecule has 0 fully saturated rings. The second-order valence-corrected chi connectivity index (χ2v) is 5.31. The Hall–Kier alpha value is -0.820. The van der Waals surface area contributed by atoms with E-state index in [9.17, 15) is 4.79 Å². The highest BCUT2D eigenvalue weighted by atomic mass is 127. The summed E-state index contributed by atoms with van der Waals surface area (Å²) >= 11 is 2.13. The smallest absolute Gasteiger partial charge is 0.251 e. The molecule has 0 atom stereocenters. The van der Waals surface area contributed by atoms with Gasteiger partial charge in [0.25, 0.3) is 5.91 Å². The van der Waals surface area contributed by atoms with Crippen LogP contribution in [0.25, 0.3) is 0 Å². The standard InChI is InChI=1S/C12H18IN3O/c1-16(2)7-3-6-15-12(17)9-4-5-11(14)10(13)8-9/h4-5,8H,3,6-7,14H2,1-2H3,(H,15,17). The third-order valence-electron chi connectivity index (χ3n) is 2.33. The fourth-order valence-corrected chi connectivity index (χ4v) is 1.88. The van der Waals surface area contributed by atoms with Gasteiger partial charge in [-0.15, -0.1) is 0 Å². The first-order valence-electron chi connectivity index (χ1n) is 5.48. The molecule has 1 rings (SSSR count). The predicted molar refractivity (Wildman–Crippen MR) is 79.1 cm³/mol. The molecule has 5 heteroatoms. The van der Waals surface area contributed by atoms with Gasteiger partial charge in [0.05, 0.1) is 0 Å². The Kier molecular flexibility index (Phi) is 5.70. The number of anilines is 1. The minimum atomic E-state index is -0.0401. The van der Waals surface area contributed by atoms with Crippen molar-refractivity contribution >= 4 is 34.2 Å². The normalized spacial score (nSPS) is 10.6. The van der Waals surface area contributed by atoms with Gasteiger partial charge >= 0.3 is 0 Å². The van der Waals surface area contributed by atoms with E-state index in [0.29, 0.717) is 17.8 Å². The molecule has 1 amide bonds. The second-order valence-electron chi connectivity index (χ2n) is 4.15. The predicted octanol–water partition coefficient (Wildman–Crippen LogP) is 1.55. The molecule has 17 heavy (non-hydrogen) atoms. The van der Waals surface area contributed by atoms with Crippen LogP contribution < -0.4 is 11.1 Å². The van der Waals surface area contributed by atoms with E-state index in [0.717, 1.165) is 16.5 Å². The number of nitrogens with one attached hydrogen (secondary N) is 1. The first kappa shape index (κ1) is 14.2. The summed E-state index contributed by atoms with van der Waals surface area (Å²) in [4.78, 5) is 13.9. The molecular weight excluding hydrogens is 329 g/mol. The Balaban J connectivity index is 2.44. The van der Waals surface area contributed by atoms with Crippen LogP contribution >= 0.6 is 22.6 Å². The van der Waals surface area contributed by atoms with E-state index in [1.165, 1.54) is 0 Å². The number of hydrogen-bond acceptors (Lipinski definition) is 3. The lowest BCUT2D eigenvalue weighted by Gasteiger charge is -2.10. The topological polar surface area (TPSA) is 58.4 Å². The van der Waals surface area contributed by atoms with E-state index in [1.807, 2.05) is 14.1 Å². The lowest BCUT2D eigenvalue weighted by molar-refractivity contribution is 0.0952. The van der Waals surface area contributed by atoms with E-state index in [-0.39, 0.29) is 5.91 Å². The lowest BCUT2D eigenvalue weighted by Crippen LogP contribution is -2.27. The van der Waals surface area contributed by atoms with E-state index in [1.54, 1.807) is 18.2 Å². The van der Waals surface area contributed by atoms with Crippen LogP contribution in [0.4, 0.5) is 5.69 Å². The largest absolute Gasteiger partial charge is 0.398 e. The van der Waals surface area contributed by atoms with Gasteiger partial charge in [0.1, 0.15) is 0 Å². The summed E-state index contributed by atoms with van der Waals surface area (Å²) in [6.07, 6.45) is 0.949. The highest BCUT2D eigenvalue weighted by molar-refractivity contribution is 14.1. The summed E-state index contributed by atoms with van der Waals surface area (Å²) in [5.74, 6) is -0.0401. The van der Waals surface area contributed by atoms with Gasteiger partial charge in [0, 0.05) is 21.4 Å². The van der Waals surface area contributed by atoms with E-state index < -0.39 is 0 Å². The minimum Gasteiger partial charge on any atom is -0.398 e. The molecule has 0 saturated heterocycles. The van der Waals surface area contributed by atoms with Crippen molar-refractivity contribution in [2.45, 2.75) is 6.42 Å². The monoisotopic (exact) mass is 347 g/mol.